The summed E-state index contributed by atoms with van der Waals surface area (Å²) in [6.07, 6.45) is 2.72. The number of phenolic OH excluding ortho intramolecular Hbond substituents is 2. The van der Waals surface area contributed by atoms with Gasteiger partial charge in [-0.1, -0.05) is 24.3 Å². The smallest absolute Gasteiger partial charge is 0.240 e. The minimum absolute atomic E-state index is 0.00773. The molecule has 6 heteroatoms. The average Bonchev–Trinajstić information content (AvgIpc) is 2.47. The number of isocyanates is 2. The molecule has 2 aromatic carbocycles. The highest BCUT2D eigenvalue weighted by Crippen LogP contribution is 2.28. The summed E-state index contributed by atoms with van der Waals surface area (Å²) < 4.78 is 0. The van der Waals surface area contributed by atoms with E-state index in [1.807, 2.05) is 0 Å². The highest BCUT2D eigenvalue weighted by Gasteiger charge is 2.00. The third kappa shape index (κ3) is 4.76. The SMILES string of the molecule is Cc1cccc(O)c1N=C=O.O=C=Nc1ccccc1O. The van der Waals surface area contributed by atoms with Gasteiger partial charge >= 0.3 is 0 Å². The first-order valence-corrected chi connectivity index (χ1v) is 5.82. The van der Waals surface area contributed by atoms with Crippen LogP contribution in [0.3, 0.4) is 0 Å². The lowest BCUT2D eigenvalue weighted by Gasteiger charge is -1.98. The molecule has 2 N–H and O–H groups in total. The Hall–Kier alpha value is -3.20. The van der Waals surface area contributed by atoms with Crippen LogP contribution in [0.15, 0.2) is 52.4 Å². The fourth-order valence-electron chi connectivity index (χ4n) is 1.44. The van der Waals surface area contributed by atoms with E-state index in [1.165, 1.54) is 30.4 Å². The topological polar surface area (TPSA) is 99.3 Å². The molecule has 21 heavy (non-hydrogen) atoms. The standard InChI is InChI=1S/C8H7NO2.C7H5NO2/c1-6-3-2-4-7(11)8(6)9-5-10;9-5-8-6-3-1-2-4-7(6)10/h2-4,11H,1H3;1-4,10H. The summed E-state index contributed by atoms with van der Waals surface area (Å²) in [5, 5.41) is 18.1. The van der Waals surface area contributed by atoms with Crippen LogP contribution in [0.2, 0.25) is 0 Å². The number of benzene rings is 2. The van der Waals surface area contributed by atoms with Crippen LogP contribution in [0.25, 0.3) is 0 Å². The van der Waals surface area contributed by atoms with E-state index < -0.39 is 0 Å². The first-order chi connectivity index (χ1) is 10.1. The van der Waals surface area contributed by atoms with Crippen LogP contribution in [0.1, 0.15) is 5.56 Å². The lowest BCUT2D eigenvalue weighted by atomic mass is 10.2. The van der Waals surface area contributed by atoms with Crippen molar-refractivity contribution in [2.75, 3.05) is 0 Å². The molecule has 6 nitrogen and oxygen atoms in total. The average molecular weight is 284 g/mol. The molecule has 0 aliphatic heterocycles. The van der Waals surface area contributed by atoms with E-state index in [2.05, 4.69) is 9.98 Å². The van der Waals surface area contributed by atoms with Crippen molar-refractivity contribution < 1.29 is 19.8 Å². The number of carbonyl (C=O) groups excluding carboxylic acids is 2. The molecule has 0 heterocycles. The molecule has 0 fully saturated rings. The number of rotatable bonds is 2. The minimum Gasteiger partial charge on any atom is -0.506 e. The molecule has 2 rings (SSSR count). The zero-order valence-corrected chi connectivity index (χ0v) is 11.1. The fraction of sp³-hybridized carbons (Fsp3) is 0.0667. The molecular weight excluding hydrogens is 272 g/mol. The number of aryl methyl sites for hydroxylation is 1. The van der Waals surface area contributed by atoms with Gasteiger partial charge in [0.05, 0.1) is 0 Å². The Morgan fingerprint density at radius 3 is 2.05 bits per heavy atom. The van der Waals surface area contributed by atoms with E-state index in [9.17, 15) is 9.59 Å². The first kappa shape index (κ1) is 15.9. The monoisotopic (exact) mass is 284 g/mol. The Bertz CT molecular complexity index is 695. The largest absolute Gasteiger partial charge is 0.506 e. The molecule has 106 valence electrons. The van der Waals surface area contributed by atoms with Gasteiger partial charge in [0.2, 0.25) is 12.2 Å². The second kappa shape index (κ2) is 8.07. The summed E-state index contributed by atoms with van der Waals surface area (Å²) in [6, 6.07) is 11.2. The maximum absolute atomic E-state index is 9.88. The van der Waals surface area contributed by atoms with E-state index in [1.54, 1.807) is 31.2 Å². The molecule has 0 radical (unpaired) electrons. The van der Waals surface area contributed by atoms with Gasteiger partial charge in [0.15, 0.2) is 0 Å². The quantitative estimate of drug-likeness (QED) is 0.654. The summed E-state index contributed by atoms with van der Waals surface area (Å²) >= 11 is 0. The zero-order chi connectivity index (χ0) is 15.7. The van der Waals surface area contributed by atoms with Crippen molar-refractivity contribution in [3.05, 3.63) is 48.0 Å². The van der Waals surface area contributed by atoms with Crippen molar-refractivity contribution in [1.29, 1.82) is 0 Å². The van der Waals surface area contributed by atoms with Crippen LogP contribution in [-0.4, -0.2) is 22.4 Å². The van der Waals surface area contributed by atoms with Gasteiger partial charge in [-0.3, -0.25) is 0 Å². The lowest BCUT2D eigenvalue weighted by Crippen LogP contribution is -1.73. The van der Waals surface area contributed by atoms with Crippen molar-refractivity contribution in [2.24, 2.45) is 9.98 Å². The Morgan fingerprint density at radius 1 is 0.857 bits per heavy atom. The summed E-state index contributed by atoms with van der Waals surface area (Å²) in [5.74, 6) is -0.000741. The molecule has 0 amide bonds. The molecule has 0 saturated heterocycles. The summed E-state index contributed by atoms with van der Waals surface area (Å²) in [5.41, 5.74) is 1.30. The third-order valence-electron chi connectivity index (χ3n) is 2.42. The lowest BCUT2D eigenvalue weighted by molar-refractivity contribution is 0.476. The number of aromatic hydroxyl groups is 2. The van der Waals surface area contributed by atoms with Gasteiger partial charge in [-0.25, -0.2) is 9.59 Å². The van der Waals surface area contributed by atoms with Crippen molar-refractivity contribution in [1.82, 2.24) is 0 Å². The van der Waals surface area contributed by atoms with E-state index in [-0.39, 0.29) is 17.2 Å². The Kier molecular flexibility index (Phi) is 6.09. The minimum atomic E-state index is -0.00847. The maximum Gasteiger partial charge on any atom is 0.240 e. The summed E-state index contributed by atoms with van der Waals surface area (Å²) in [7, 11) is 0. The second-order valence-corrected chi connectivity index (χ2v) is 3.84. The molecule has 0 atom stereocenters. The molecule has 0 spiro atoms. The number of hydrogen-bond acceptors (Lipinski definition) is 6. The highest BCUT2D eigenvalue weighted by molar-refractivity contribution is 5.61. The number of nitrogens with zero attached hydrogens (tertiary/aromatic N) is 2. The van der Waals surface area contributed by atoms with Crippen LogP contribution in [0, 0.1) is 6.92 Å². The van der Waals surface area contributed by atoms with Gasteiger partial charge < -0.3 is 10.2 Å². The van der Waals surface area contributed by atoms with Gasteiger partial charge in [0, 0.05) is 0 Å². The van der Waals surface area contributed by atoms with Crippen molar-refractivity contribution in [3.63, 3.8) is 0 Å². The van der Waals surface area contributed by atoms with Gasteiger partial charge in [-0.05, 0) is 30.7 Å². The Labute approximate surface area is 120 Å². The van der Waals surface area contributed by atoms with Gasteiger partial charge in [0.1, 0.15) is 22.9 Å². The molecule has 0 unspecified atom stereocenters. The number of aliphatic imine (C=N–C) groups is 2. The zero-order valence-electron chi connectivity index (χ0n) is 11.1. The van der Waals surface area contributed by atoms with Crippen LogP contribution >= 0.6 is 0 Å². The van der Waals surface area contributed by atoms with Gasteiger partial charge in [-0.15, -0.1) is 0 Å². The van der Waals surface area contributed by atoms with Gasteiger partial charge in [-0.2, -0.15) is 9.98 Å². The summed E-state index contributed by atoms with van der Waals surface area (Å²) in [4.78, 5) is 26.2. The Balaban J connectivity index is 0.000000211. The van der Waals surface area contributed by atoms with Crippen molar-refractivity contribution in [2.45, 2.75) is 6.92 Å². The number of phenols is 2. The van der Waals surface area contributed by atoms with Gasteiger partial charge in [0.25, 0.3) is 0 Å². The fourth-order valence-corrected chi connectivity index (χ4v) is 1.44. The molecule has 0 saturated carbocycles. The third-order valence-corrected chi connectivity index (χ3v) is 2.42. The van der Waals surface area contributed by atoms with Crippen LogP contribution < -0.4 is 0 Å². The number of para-hydroxylation sites is 3. The molecule has 0 bridgehead atoms. The predicted octanol–water partition coefficient (Wildman–Crippen LogP) is 3.03. The van der Waals surface area contributed by atoms with E-state index in [0.29, 0.717) is 5.69 Å². The van der Waals surface area contributed by atoms with Crippen molar-refractivity contribution in [3.8, 4) is 11.5 Å². The maximum atomic E-state index is 9.88. The first-order valence-electron chi connectivity index (χ1n) is 5.82. The van der Waals surface area contributed by atoms with Crippen LogP contribution in [0.5, 0.6) is 11.5 Å². The van der Waals surface area contributed by atoms with E-state index >= 15 is 0 Å². The predicted molar refractivity (Wildman–Crippen MR) is 76.5 cm³/mol. The van der Waals surface area contributed by atoms with E-state index in [0.717, 1.165) is 5.56 Å². The molecule has 2 aromatic rings. The molecule has 0 aromatic heterocycles. The van der Waals surface area contributed by atoms with Crippen LogP contribution in [-0.2, 0) is 9.59 Å². The Morgan fingerprint density at radius 2 is 1.48 bits per heavy atom. The molecule has 0 aliphatic rings. The normalized spacial score (nSPS) is 8.62. The highest BCUT2D eigenvalue weighted by atomic mass is 16.3. The second-order valence-electron chi connectivity index (χ2n) is 3.84. The van der Waals surface area contributed by atoms with Crippen molar-refractivity contribution >= 4 is 23.5 Å². The number of hydrogen-bond donors (Lipinski definition) is 2. The molecule has 0 aliphatic carbocycles. The van der Waals surface area contributed by atoms with E-state index in [4.69, 9.17) is 10.2 Å². The molecular formula is C15H12N2O4. The van der Waals surface area contributed by atoms with Crippen LogP contribution in [0.4, 0.5) is 11.4 Å². The summed E-state index contributed by atoms with van der Waals surface area (Å²) in [6.45, 7) is 1.76.